The molecule has 3 aromatic heterocycles. The molecule has 0 bridgehead atoms. The molecule has 1 aromatic carbocycles. The first-order chi connectivity index (χ1) is 64.2. The number of unbranched alkanes of at least 4 members (excludes halogenated alkanes) is 45. The van der Waals surface area contributed by atoms with Gasteiger partial charge >= 0.3 is 24.4 Å². The van der Waals surface area contributed by atoms with Crippen molar-refractivity contribution >= 4 is 76.6 Å². The number of rotatable bonds is 78. The average molecular weight is 1890 g/mol. The lowest BCUT2D eigenvalue weighted by molar-refractivity contribution is -0.153. The summed E-state index contributed by atoms with van der Waals surface area (Å²) in [4.78, 5) is 123. The first-order valence-corrected chi connectivity index (χ1v) is 55.5. The summed E-state index contributed by atoms with van der Waals surface area (Å²) in [6.45, 7) is 10.3. The van der Waals surface area contributed by atoms with Gasteiger partial charge in [-0.05, 0) is 75.0 Å². The van der Waals surface area contributed by atoms with E-state index in [4.69, 9.17) is 42.2 Å². The Bertz CT molecular complexity index is 4000. The predicted molar refractivity (Wildman–Crippen MR) is 527 cm³/mol. The first-order valence-electron chi connectivity index (χ1n) is 52.5. The zero-order valence-electron chi connectivity index (χ0n) is 82.6. The summed E-state index contributed by atoms with van der Waals surface area (Å²) in [5.74, 6) is -1.93. The van der Waals surface area contributed by atoms with Crippen LogP contribution in [0.3, 0.4) is 0 Å². The van der Waals surface area contributed by atoms with Crippen LogP contribution in [0.1, 0.15) is 457 Å². The predicted octanol–water partition coefficient (Wildman–Crippen LogP) is 25.8. The highest BCUT2D eigenvalue weighted by molar-refractivity contribution is 8.55. The van der Waals surface area contributed by atoms with Crippen LogP contribution >= 0.6 is 18.2 Å². The van der Waals surface area contributed by atoms with Gasteiger partial charge in [-0.2, -0.15) is 9.97 Å². The minimum Gasteiger partial charge on any atom is -0.490 e. The molecule has 29 heteroatoms. The van der Waals surface area contributed by atoms with Crippen molar-refractivity contribution < 1.29 is 75.5 Å². The highest BCUT2D eigenvalue weighted by atomic mass is 32.7. The van der Waals surface area contributed by atoms with Gasteiger partial charge in [0.1, 0.15) is 42.9 Å². The lowest BCUT2D eigenvalue weighted by Crippen LogP contribution is -2.31. The number of aromatic nitrogens is 6. The fourth-order valence-corrected chi connectivity index (χ4v) is 22.1. The van der Waals surface area contributed by atoms with E-state index >= 15 is 4.57 Å². The number of amides is 3. The molecule has 2 aliphatic heterocycles. The second-order valence-corrected chi connectivity index (χ2v) is 42.0. The zero-order valence-corrected chi connectivity index (χ0v) is 84.3. The molecule has 1 aliphatic carbocycles. The van der Waals surface area contributed by atoms with Crippen molar-refractivity contribution in [1.82, 2.24) is 34.0 Å². The molecular weight excluding hydrogens is 1710 g/mol. The maximum Gasteiger partial charge on any atom is 0.389 e. The Balaban J connectivity index is 0.941. The number of benzene rings is 1. The van der Waals surface area contributed by atoms with E-state index in [1.807, 2.05) is 6.92 Å². The number of anilines is 2. The standard InChI is InChI=1S/C103H172N9O18PS/c1-9-13-16-19-22-25-28-31-34-37-40-43-46-49-52-58-70-122-87-74-82(75-88(123-71-59-53-50-47-44-41-38-35-32-29-26-23-20-17-14-10-2)97(87)125-72-60-54-51-48-45-42-39-36-33-30-27-24-21-18-15-11-3)101(119)110(8)69-73-124-94(115)66-64-91(114)105-90-67-68-111(103(120)106-90)92-76-85(129-95(116)65-63-81(7)113)89(128-92)78-126-131(121,132-83-61-56-55-57-62-83)130-86-77-93(127-84(86)12-4)112-79-104-96-98(112)107-102(109-100(96)118)108-99(117)80(5)6/h67-68,74-75,79-80,83-86,89,92-93H,9-66,69-73,76-78H2,1-8H3,(H,105,106,114,120)(H2,107,108,109,117,118)/t84-,85?,86?,89-,92-,93-,131?/m1/s1. The van der Waals surface area contributed by atoms with Gasteiger partial charge in [0.05, 0.1) is 64.3 Å². The topological polar surface area (TPSA) is 328 Å². The number of esters is 2. The summed E-state index contributed by atoms with van der Waals surface area (Å²) in [6, 6.07) is 4.93. The van der Waals surface area contributed by atoms with Crippen molar-refractivity contribution in [2.24, 2.45) is 5.92 Å². The molecule has 3 aliphatic rings. The Morgan fingerprint density at radius 3 is 1.47 bits per heavy atom. The molecule has 3 unspecified atom stereocenters. The van der Waals surface area contributed by atoms with Crippen LogP contribution in [0.25, 0.3) is 11.2 Å². The van der Waals surface area contributed by atoms with Gasteiger partial charge in [-0.25, -0.2) is 14.3 Å². The highest BCUT2D eigenvalue weighted by Crippen LogP contribution is 2.66. The number of imidazole rings is 1. The number of hydrogen-bond donors (Lipinski definition) is 3. The number of Topliss-reactive ketones (excluding diaryl/α,β-unsaturated/α-hetero) is 1. The van der Waals surface area contributed by atoms with Gasteiger partial charge < -0.3 is 48.2 Å². The summed E-state index contributed by atoms with van der Waals surface area (Å²) >= 11 is 1.11. The van der Waals surface area contributed by atoms with Crippen LogP contribution in [0.4, 0.5) is 11.8 Å². The van der Waals surface area contributed by atoms with Crippen molar-refractivity contribution in [3.63, 3.8) is 0 Å². The molecule has 1 saturated carbocycles. The van der Waals surface area contributed by atoms with Crippen molar-refractivity contribution in [2.75, 3.05) is 57.3 Å². The van der Waals surface area contributed by atoms with E-state index in [1.54, 1.807) is 37.6 Å². The summed E-state index contributed by atoms with van der Waals surface area (Å²) in [5, 5.41) is 5.15. The Morgan fingerprint density at radius 2 is 1.00 bits per heavy atom. The molecule has 0 radical (unpaired) electrons. The molecule has 27 nitrogen and oxygen atoms in total. The monoisotopic (exact) mass is 1890 g/mol. The first kappa shape index (κ1) is 112. The van der Waals surface area contributed by atoms with Gasteiger partial charge in [0.2, 0.25) is 23.5 Å². The van der Waals surface area contributed by atoms with Crippen molar-refractivity contribution in [2.45, 2.75) is 476 Å². The van der Waals surface area contributed by atoms with Crippen molar-refractivity contribution in [3.8, 4) is 17.2 Å². The molecule has 3 N–H and O–H groups in total. The molecule has 2 saturated heterocycles. The van der Waals surface area contributed by atoms with E-state index in [1.165, 1.54) is 285 Å². The number of aromatic amines is 1. The molecule has 4 aromatic rings. The number of carbonyl (C=O) groups excluding carboxylic acids is 6. The third-order valence-corrected chi connectivity index (χ3v) is 30.0. The lowest BCUT2D eigenvalue weighted by Gasteiger charge is -2.29. The molecule has 3 fully saturated rings. The highest BCUT2D eigenvalue weighted by Gasteiger charge is 2.46. The third-order valence-electron chi connectivity index (χ3n) is 25.8. The molecule has 5 heterocycles. The van der Waals surface area contributed by atoms with E-state index < -0.39 is 79.4 Å². The molecular formula is C103H172N9O18PS. The molecule has 132 heavy (non-hydrogen) atoms. The summed E-state index contributed by atoms with van der Waals surface area (Å²) < 4.78 is 75.8. The maximum absolute atomic E-state index is 15.5. The van der Waals surface area contributed by atoms with Crippen LogP contribution in [0.5, 0.6) is 17.2 Å². The number of nitrogens with zero attached hydrogens (tertiary/aromatic N) is 6. The van der Waals surface area contributed by atoms with E-state index in [9.17, 15) is 38.4 Å². The van der Waals surface area contributed by atoms with Gasteiger partial charge in [-0.3, -0.25) is 57.2 Å². The molecule has 7 rings (SSSR count). The fraction of sp³-hybridized carbons (Fsp3) is 0.796. The second kappa shape index (κ2) is 67.5. The molecule has 748 valence electrons. The molecule has 3 amide bonds. The SMILES string of the molecule is CCCCCCCCCCCCCCCCCCOc1cc(C(=O)N(C)CCOC(=O)CCC(=O)Nc2ccn([C@H]3CC(OC(=O)CCC(C)=O)[C@@H](COP(=O)(OC4C[C@H](n5cnc6c(=O)[nH]c(NC(=O)C(C)C)nc65)O[C@@H]4CC)SC4CCCCC4)O3)c(=O)n2)cc(OCCCCCCCCCCCCCCCCCC)c1OCCCCCCCCCCCCCCCCCC. The van der Waals surface area contributed by atoms with Gasteiger partial charge in [0.15, 0.2) is 22.7 Å². The van der Waals surface area contributed by atoms with Crippen LogP contribution in [0, 0.1) is 5.92 Å². The number of hydrogen-bond acceptors (Lipinski definition) is 22. The normalized spacial score (nSPS) is 17.4. The van der Waals surface area contributed by atoms with E-state index in [-0.39, 0.29) is 103 Å². The minimum atomic E-state index is -4.16. The van der Waals surface area contributed by atoms with Crippen LogP contribution in [-0.2, 0) is 56.5 Å². The summed E-state index contributed by atoms with van der Waals surface area (Å²) in [6.07, 6.45) is 62.4. The molecule has 0 spiro atoms. The Labute approximate surface area is 795 Å². The molecule has 7 atom stereocenters. The number of nitrogens with one attached hydrogen (secondary N) is 3. The average Bonchev–Trinajstić information content (AvgIpc) is 1.62. The van der Waals surface area contributed by atoms with Crippen LogP contribution in [0.2, 0.25) is 0 Å². The van der Waals surface area contributed by atoms with Gasteiger partial charge in [0.25, 0.3) is 11.5 Å². The number of likely N-dealkylation sites (N-methyl/N-ethyl adjacent to an activating group) is 1. The van der Waals surface area contributed by atoms with E-state index in [0.29, 0.717) is 49.1 Å². The van der Waals surface area contributed by atoms with Crippen LogP contribution in [0.15, 0.2) is 40.3 Å². The number of ketones is 1. The van der Waals surface area contributed by atoms with Crippen LogP contribution in [-0.4, -0.2) is 146 Å². The van der Waals surface area contributed by atoms with Gasteiger partial charge in [0, 0.05) is 55.7 Å². The summed E-state index contributed by atoms with van der Waals surface area (Å²) in [5.41, 5.74) is -0.854. The Morgan fingerprint density at radius 1 is 0.545 bits per heavy atom. The third kappa shape index (κ3) is 45.1. The number of carbonyl (C=O) groups is 6. The number of ether oxygens (including phenoxy) is 7. The Kier molecular flexibility index (Phi) is 57.4. The second-order valence-electron chi connectivity index (χ2n) is 37.8. The zero-order chi connectivity index (χ0) is 94.6. The van der Waals surface area contributed by atoms with Gasteiger partial charge in [-0.15, -0.1) is 0 Å². The quantitative estimate of drug-likeness (QED) is 0.0210. The minimum absolute atomic E-state index is 0.0245. The lowest BCUT2D eigenvalue weighted by atomic mass is 10.0. The van der Waals surface area contributed by atoms with Crippen molar-refractivity contribution in [1.29, 1.82) is 0 Å². The maximum atomic E-state index is 15.5. The van der Waals surface area contributed by atoms with Crippen molar-refractivity contribution in [3.05, 3.63) is 57.1 Å². The van der Waals surface area contributed by atoms with Crippen LogP contribution < -0.4 is 36.1 Å². The van der Waals surface area contributed by atoms with E-state index in [2.05, 4.69) is 51.3 Å². The number of H-pyrrole nitrogens is 1. The smallest absolute Gasteiger partial charge is 0.389 e. The fourth-order valence-electron chi connectivity index (χ4n) is 17.6. The van der Waals surface area contributed by atoms with Gasteiger partial charge in [-0.1, -0.05) is 350 Å². The largest absolute Gasteiger partial charge is 0.490 e. The number of fused-ring (bicyclic) bond motifs is 1. The van der Waals surface area contributed by atoms with E-state index in [0.717, 1.165) is 101 Å². The summed E-state index contributed by atoms with van der Waals surface area (Å²) in [7, 11) is 1.65. The Hall–Kier alpha value is -6.71.